The van der Waals surface area contributed by atoms with Crippen LogP contribution < -0.4 is 0 Å². The molecule has 0 saturated carbocycles. The number of carbonyl (C=O) groups is 2. The maximum atomic E-state index is 11.1. The molecule has 88 valence electrons. The van der Waals surface area contributed by atoms with Gasteiger partial charge in [0.05, 0.1) is 0 Å². The van der Waals surface area contributed by atoms with Gasteiger partial charge in [0.1, 0.15) is 6.61 Å². The first-order chi connectivity index (χ1) is 8.15. The summed E-state index contributed by atoms with van der Waals surface area (Å²) in [5.74, 6) is -0.0649. The molecule has 1 aromatic rings. The van der Waals surface area contributed by atoms with Gasteiger partial charge in [0.25, 0.3) is 0 Å². The average molecular weight is 230 g/mol. The molecule has 3 heteroatoms. The quantitative estimate of drug-likeness (QED) is 0.579. The first kappa shape index (κ1) is 11.6. The Bertz CT molecular complexity index is 457. The van der Waals surface area contributed by atoms with Crippen LogP contribution in [0.5, 0.6) is 0 Å². The van der Waals surface area contributed by atoms with Gasteiger partial charge in [-0.2, -0.15) is 0 Å². The van der Waals surface area contributed by atoms with Crippen LogP contribution >= 0.6 is 0 Å². The van der Waals surface area contributed by atoms with Crippen molar-refractivity contribution >= 4 is 17.8 Å². The van der Waals surface area contributed by atoms with E-state index in [2.05, 4.69) is 0 Å². The predicted molar refractivity (Wildman–Crippen MR) is 64.6 cm³/mol. The summed E-state index contributed by atoms with van der Waals surface area (Å²) in [7, 11) is 0. The third-order valence-corrected chi connectivity index (χ3v) is 2.76. The fraction of sp³-hybridized carbons (Fsp3) is 0.286. The Labute approximate surface area is 100 Å². The Morgan fingerprint density at radius 3 is 2.47 bits per heavy atom. The summed E-state index contributed by atoms with van der Waals surface area (Å²) in [5.41, 5.74) is 2.85. The summed E-state index contributed by atoms with van der Waals surface area (Å²) in [6.45, 7) is 1.93. The molecule has 0 unspecified atom stereocenters. The number of Topliss-reactive ketones (excluding diaryl/α,β-unsaturated/α-hetero) is 1. The van der Waals surface area contributed by atoms with Crippen LogP contribution in [0.1, 0.15) is 35.7 Å². The highest BCUT2D eigenvalue weighted by Gasteiger charge is 2.13. The van der Waals surface area contributed by atoms with Gasteiger partial charge in [0.2, 0.25) is 0 Å². The molecule has 1 heterocycles. The van der Waals surface area contributed by atoms with E-state index in [-0.39, 0.29) is 11.8 Å². The number of benzene rings is 1. The van der Waals surface area contributed by atoms with Gasteiger partial charge in [-0.3, -0.25) is 9.59 Å². The number of ketones is 1. The zero-order chi connectivity index (χ0) is 12.3. The first-order valence-corrected chi connectivity index (χ1v) is 5.61. The van der Waals surface area contributed by atoms with E-state index >= 15 is 0 Å². The molecule has 0 bridgehead atoms. The van der Waals surface area contributed by atoms with E-state index < -0.39 is 0 Å². The lowest BCUT2D eigenvalue weighted by atomic mass is 10.0. The minimum atomic E-state index is -0.130. The third-order valence-electron chi connectivity index (χ3n) is 2.76. The van der Waals surface area contributed by atoms with Crippen LogP contribution in [0.15, 0.2) is 29.8 Å². The number of rotatable bonds is 2. The van der Waals surface area contributed by atoms with Crippen molar-refractivity contribution in [2.24, 2.45) is 0 Å². The topological polar surface area (TPSA) is 43.4 Å². The number of cyclic esters (lactones) is 1. The van der Waals surface area contributed by atoms with Gasteiger partial charge >= 0.3 is 5.97 Å². The van der Waals surface area contributed by atoms with Gasteiger partial charge in [-0.15, -0.1) is 0 Å². The minimum Gasteiger partial charge on any atom is -0.461 e. The molecule has 0 amide bonds. The summed E-state index contributed by atoms with van der Waals surface area (Å²) in [5, 5.41) is 0. The first-order valence-electron chi connectivity index (χ1n) is 5.61. The Kier molecular flexibility index (Phi) is 3.38. The molecule has 1 aromatic carbocycles. The van der Waals surface area contributed by atoms with Crippen LogP contribution in [0.25, 0.3) is 6.08 Å². The van der Waals surface area contributed by atoms with Crippen molar-refractivity contribution in [3.63, 3.8) is 0 Å². The molecule has 1 saturated heterocycles. The Morgan fingerprint density at radius 1 is 1.24 bits per heavy atom. The maximum absolute atomic E-state index is 11.1. The van der Waals surface area contributed by atoms with Gasteiger partial charge < -0.3 is 4.74 Å². The molecule has 1 fully saturated rings. The van der Waals surface area contributed by atoms with E-state index in [1.165, 1.54) is 0 Å². The van der Waals surface area contributed by atoms with Crippen LogP contribution in [-0.2, 0) is 9.53 Å². The lowest BCUT2D eigenvalue weighted by Crippen LogP contribution is -2.14. The number of hydrogen-bond donors (Lipinski definition) is 0. The lowest BCUT2D eigenvalue weighted by Gasteiger charge is -2.14. The highest BCUT2D eigenvalue weighted by Crippen LogP contribution is 2.17. The average Bonchev–Trinajstić information content (AvgIpc) is 2.33. The van der Waals surface area contributed by atoms with Gasteiger partial charge in [0, 0.05) is 12.0 Å². The second-order valence-electron chi connectivity index (χ2n) is 4.14. The van der Waals surface area contributed by atoms with Gasteiger partial charge in [-0.05, 0) is 24.5 Å². The van der Waals surface area contributed by atoms with E-state index in [9.17, 15) is 9.59 Å². The zero-order valence-electron chi connectivity index (χ0n) is 9.73. The van der Waals surface area contributed by atoms with Crippen molar-refractivity contribution in [1.82, 2.24) is 0 Å². The van der Waals surface area contributed by atoms with E-state index in [4.69, 9.17) is 4.74 Å². The Morgan fingerprint density at radius 2 is 1.94 bits per heavy atom. The molecular formula is C14H14O3. The molecule has 17 heavy (non-hydrogen) atoms. The second-order valence-corrected chi connectivity index (χ2v) is 4.14. The monoisotopic (exact) mass is 230 g/mol. The van der Waals surface area contributed by atoms with Crippen molar-refractivity contribution in [1.29, 1.82) is 0 Å². The van der Waals surface area contributed by atoms with E-state index in [0.29, 0.717) is 18.6 Å². The summed E-state index contributed by atoms with van der Waals surface area (Å²) < 4.78 is 4.96. The van der Waals surface area contributed by atoms with Crippen molar-refractivity contribution in [3.8, 4) is 0 Å². The predicted octanol–water partition coefficient (Wildman–Crippen LogP) is 2.61. The third kappa shape index (κ3) is 3.03. The van der Waals surface area contributed by atoms with Crippen molar-refractivity contribution in [2.45, 2.75) is 19.8 Å². The molecule has 0 spiro atoms. The Balaban J connectivity index is 2.10. The van der Waals surface area contributed by atoms with E-state index in [1.807, 2.05) is 30.3 Å². The van der Waals surface area contributed by atoms with Gasteiger partial charge in [-0.1, -0.05) is 30.3 Å². The molecular weight excluding hydrogens is 216 g/mol. The van der Waals surface area contributed by atoms with E-state index in [0.717, 1.165) is 17.6 Å². The SMILES string of the molecule is CC(=O)c1ccc(/C=C2/CCC(=O)OC2)cc1. The van der Waals surface area contributed by atoms with Crippen molar-refractivity contribution in [2.75, 3.05) is 6.61 Å². The summed E-state index contributed by atoms with van der Waals surface area (Å²) in [4.78, 5) is 22.0. The number of ether oxygens (including phenoxy) is 1. The normalized spacial score (nSPS) is 17.9. The van der Waals surface area contributed by atoms with Crippen molar-refractivity contribution < 1.29 is 14.3 Å². The van der Waals surface area contributed by atoms with Crippen LogP contribution in [0.3, 0.4) is 0 Å². The molecule has 1 aliphatic rings. The molecule has 0 radical (unpaired) electrons. The van der Waals surface area contributed by atoms with Crippen LogP contribution in [0, 0.1) is 0 Å². The molecule has 2 rings (SSSR count). The smallest absolute Gasteiger partial charge is 0.306 e. The number of carbonyl (C=O) groups excluding carboxylic acids is 2. The fourth-order valence-corrected chi connectivity index (χ4v) is 1.74. The number of esters is 1. The van der Waals surface area contributed by atoms with Gasteiger partial charge in [-0.25, -0.2) is 0 Å². The maximum Gasteiger partial charge on any atom is 0.306 e. The summed E-state index contributed by atoms with van der Waals surface area (Å²) >= 11 is 0. The van der Waals surface area contributed by atoms with Crippen LogP contribution in [0.4, 0.5) is 0 Å². The van der Waals surface area contributed by atoms with Crippen molar-refractivity contribution in [3.05, 3.63) is 41.0 Å². The summed E-state index contributed by atoms with van der Waals surface area (Å²) in [6.07, 6.45) is 3.22. The standard InChI is InChI=1S/C14H14O3/c1-10(15)13-5-2-11(3-6-13)8-12-4-7-14(16)17-9-12/h2-3,5-6,8H,4,7,9H2,1H3/b12-8-. The minimum absolute atomic E-state index is 0.0656. The number of hydrogen-bond acceptors (Lipinski definition) is 3. The molecule has 0 atom stereocenters. The second kappa shape index (κ2) is 4.95. The highest BCUT2D eigenvalue weighted by atomic mass is 16.5. The summed E-state index contributed by atoms with van der Waals surface area (Å²) in [6, 6.07) is 7.42. The van der Waals surface area contributed by atoms with Crippen LogP contribution in [-0.4, -0.2) is 18.4 Å². The largest absolute Gasteiger partial charge is 0.461 e. The van der Waals surface area contributed by atoms with Gasteiger partial charge in [0.15, 0.2) is 5.78 Å². The molecule has 0 aliphatic carbocycles. The molecule has 0 N–H and O–H groups in total. The zero-order valence-corrected chi connectivity index (χ0v) is 9.73. The Hall–Kier alpha value is -1.90. The highest BCUT2D eigenvalue weighted by molar-refractivity contribution is 5.94. The molecule has 3 nitrogen and oxygen atoms in total. The molecule has 0 aromatic heterocycles. The van der Waals surface area contributed by atoms with E-state index in [1.54, 1.807) is 6.92 Å². The van der Waals surface area contributed by atoms with Crippen LogP contribution in [0.2, 0.25) is 0 Å². The fourth-order valence-electron chi connectivity index (χ4n) is 1.74. The lowest BCUT2D eigenvalue weighted by molar-refractivity contribution is -0.144. The molecule has 1 aliphatic heterocycles.